The number of cyclic esters (lactones) is 1. The van der Waals surface area contributed by atoms with Crippen molar-refractivity contribution in [2.75, 3.05) is 36.0 Å². The first kappa shape index (κ1) is 19.1. The Balaban J connectivity index is 1.43. The van der Waals surface area contributed by atoms with Crippen LogP contribution in [0.2, 0.25) is 0 Å². The van der Waals surface area contributed by atoms with Crippen LogP contribution < -0.4 is 15.1 Å². The van der Waals surface area contributed by atoms with Crippen LogP contribution in [0, 0.1) is 12.7 Å². The van der Waals surface area contributed by atoms with Crippen molar-refractivity contribution in [2.24, 2.45) is 0 Å². The van der Waals surface area contributed by atoms with Gasteiger partial charge in [0.2, 0.25) is 5.91 Å². The lowest BCUT2D eigenvalue weighted by molar-refractivity contribution is -0.119. The smallest absolute Gasteiger partial charge is 0.414 e. The number of hydrogen-bond acceptors (Lipinski definition) is 7. The third-order valence-corrected chi connectivity index (χ3v) is 5.05. The summed E-state index contributed by atoms with van der Waals surface area (Å²) in [6.07, 6.45) is -0.228. The predicted molar refractivity (Wildman–Crippen MR) is 101 cm³/mol. The highest BCUT2D eigenvalue weighted by atomic mass is 19.1. The Morgan fingerprint density at radius 1 is 1.38 bits per heavy atom. The average molecular weight is 403 g/mol. The maximum atomic E-state index is 14.8. The lowest BCUT2D eigenvalue weighted by atomic mass is 10.2. The van der Waals surface area contributed by atoms with E-state index in [9.17, 15) is 14.0 Å². The van der Waals surface area contributed by atoms with Gasteiger partial charge >= 0.3 is 6.09 Å². The first-order valence-corrected chi connectivity index (χ1v) is 9.44. The molecule has 154 valence electrons. The second-order valence-electron chi connectivity index (χ2n) is 7.23. The fourth-order valence-electron chi connectivity index (χ4n) is 3.62. The topological polar surface area (TPSA) is 105 Å². The van der Waals surface area contributed by atoms with Crippen molar-refractivity contribution in [2.45, 2.75) is 32.4 Å². The fraction of sp³-hybridized carbons (Fsp3) is 0.500. The van der Waals surface area contributed by atoms with Crippen molar-refractivity contribution in [1.29, 1.82) is 0 Å². The molecule has 2 amide bonds. The molecule has 2 aliphatic rings. The van der Waals surface area contributed by atoms with Crippen molar-refractivity contribution in [1.82, 2.24) is 25.5 Å². The van der Waals surface area contributed by atoms with E-state index < -0.39 is 18.0 Å². The monoisotopic (exact) mass is 403 g/mol. The number of amides is 2. The summed E-state index contributed by atoms with van der Waals surface area (Å²) < 4.78 is 20.1. The molecule has 0 radical (unpaired) electrons. The quantitative estimate of drug-likeness (QED) is 0.795. The first-order valence-electron chi connectivity index (χ1n) is 9.44. The van der Waals surface area contributed by atoms with Gasteiger partial charge < -0.3 is 15.0 Å². The standard InChI is InChI=1S/C18H22FN7O3/c1-11-21-23-26(22-11)14-5-6-24(9-14)17-4-3-13(7-16(17)19)25-10-15(29-18(25)28)8-20-12(2)27/h3-4,7,14-15H,5-6,8-10H2,1-2H3,(H,20,27). The highest BCUT2D eigenvalue weighted by Gasteiger charge is 2.33. The first-order chi connectivity index (χ1) is 13.9. The Hall–Kier alpha value is -3.24. The predicted octanol–water partition coefficient (Wildman–Crippen LogP) is 1.03. The molecule has 2 atom stereocenters. The van der Waals surface area contributed by atoms with E-state index in [1.165, 1.54) is 17.9 Å². The molecule has 2 unspecified atom stereocenters. The highest BCUT2D eigenvalue weighted by Crippen LogP contribution is 2.31. The Bertz CT molecular complexity index is 934. The zero-order valence-corrected chi connectivity index (χ0v) is 16.2. The summed E-state index contributed by atoms with van der Waals surface area (Å²) in [5, 5.41) is 14.8. The van der Waals surface area contributed by atoms with E-state index in [4.69, 9.17) is 4.74 Å². The van der Waals surface area contributed by atoms with Gasteiger partial charge in [-0.15, -0.1) is 10.2 Å². The largest absolute Gasteiger partial charge is 0.442 e. The third kappa shape index (κ3) is 3.98. The van der Waals surface area contributed by atoms with Gasteiger partial charge in [-0.3, -0.25) is 9.69 Å². The molecule has 2 aliphatic heterocycles. The van der Waals surface area contributed by atoms with Crippen molar-refractivity contribution < 1.29 is 18.7 Å². The number of halogens is 1. The Morgan fingerprint density at radius 2 is 2.21 bits per heavy atom. The number of rotatable bonds is 5. The van der Waals surface area contributed by atoms with E-state index >= 15 is 0 Å². The number of aromatic nitrogens is 4. The van der Waals surface area contributed by atoms with Gasteiger partial charge in [0.15, 0.2) is 5.82 Å². The van der Waals surface area contributed by atoms with Gasteiger partial charge in [-0.25, -0.2) is 9.18 Å². The lowest BCUT2D eigenvalue weighted by Gasteiger charge is -2.21. The van der Waals surface area contributed by atoms with Crippen LogP contribution in [0.5, 0.6) is 0 Å². The number of ether oxygens (including phenoxy) is 1. The molecule has 4 rings (SSSR count). The molecule has 0 bridgehead atoms. The van der Waals surface area contributed by atoms with Gasteiger partial charge in [-0.1, -0.05) is 0 Å². The zero-order chi connectivity index (χ0) is 20.5. The molecule has 1 N–H and O–H groups in total. The van der Waals surface area contributed by atoms with E-state index in [0.717, 1.165) is 6.42 Å². The normalized spacial score (nSPS) is 21.6. The van der Waals surface area contributed by atoms with E-state index in [0.29, 0.717) is 30.3 Å². The summed E-state index contributed by atoms with van der Waals surface area (Å²) in [6.45, 7) is 4.90. The summed E-state index contributed by atoms with van der Waals surface area (Å²) >= 11 is 0. The molecule has 2 aromatic rings. The van der Waals surface area contributed by atoms with Gasteiger partial charge in [0.05, 0.1) is 30.5 Å². The van der Waals surface area contributed by atoms with Crippen molar-refractivity contribution in [3.05, 3.63) is 29.8 Å². The number of nitrogens with one attached hydrogen (secondary N) is 1. The summed E-state index contributed by atoms with van der Waals surface area (Å²) in [5.74, 6) is -0.00709. The van der Waals surface area contributed by atoms with Crippen molar-refractivity contribution in [3.63, 3.8) is 0 Å². The summed E-state index contributed by atoms with van der Waals surface area (Å²) in [7, 11) is 0. The SMILES string of the molecule is CC(=O)NCC1CN(c2ccc(N3CCC(n4nnc(C)n4)C3)c(F)c2)C(=O)O1. The Morgan fingerprint density at radius 3 is 2.90 bits per heavy atom. The van der Waals surface area contributed by atoms with Gasteiger partial charge in [0.1, 0.15) is 11.9 Å². The summed E-state index contributed by atoms with van der Waals surface area (Å²) in [4.78, 5) is 28.0. The van der Waals surface area contributed by atoms with E-state index in [-0.39, 0.29) is 25.0 Å². The van der Waals surface area contributed by atoms with Crippen LogP contribution in [-0.2, 0) is 9.53 Å². The van der Waals surface area contributed by atoms with Crippen LogP contribution >= 0.6 is 0 Å². The van der Waals surface area contributed by atoms with Crippen LogP contribution in [0.25, 0.3) is 0 Å². The molecule has 11 heteroatoms. The van der Waals surface area contributed by atoms with Gasteiger partial charge in [0, 0.05) is 20.0 Å². The minimum atomic E-state index is -0.554. The van der Waals surface area contributed by atoms with Gasteiger partial charge in [-0.2, -0.15) is 4.80 Å². The molecule has 10 nitrogen and oxygen atoms in total. The number of aryl methyl sites for hydroxylation is 1. The molecule has 3 heterocycles. The van der Waals surface area contributed by atoms with E-state index in [1.807, 2.05) is 4.90 Å². The van der Waals surface area contributed by atoms with Gasteiger partial charge in [0.25, 0.3) is 0 Å². The Labute approximate surface area is 166 Å². The molecular weight excluding hydrogens is 381 g/mol. The molecule has 0 spiro atoms. The molecule has 1 aromatic carbocycles. The minimum absolute atomic E-state index is 0.0402. The second kappa shape index (κ2) is 7.64. The molecule has 2 fully saturated rings. The number of benzene rings is 1. The Kier molecular flexibility index (Phi) is 5.03. The number of tetrazole rings is 1. The van der Waals surface area contributed by atoms with Crippen molar-refractivity contribution in [3.8, 4) is 0 Å². The summed E-state index contributed by atoms with van der Waals surface area (Å²) in [6, 6.07) is 4.74. The van der Waals surface area contributed by atoms with Gasteiger partial charge in [-0.05, 0) is 36.8 Å². The number of carbonyl (C=O) groups is 2. The lowest BCUT2D eigenvalue weighted by Crippen LogP contribution is -2.33. The third-order valence-electron chi connectivity index (χ3n) is 5.05. The number of hydrogen-bond donors (Lipinski definition) is 1. The average Bonchev–Trinajstić information content (AvgIpc) is 3.39. The summed E-state index contributed by atoms with van der Waals surface area (Å²) in [5.41, 5.74) is 0.890. The van der Waals surface area contributed by atoms with Crippen LogP contribution in [0.3, 0.4) is 0 Å². The molecule has 29 heavy (non-hydrogen) atoms. The minimum Gasteiger partial charge on any atom is -0.442 e. The van der Waals surface area contributed by atoms with Crippen LogP contribution in [0.15, 0.2) is 18.2 Å². The molecular formula is C18H22FN7O3. The molecule has 2 saturated heterocycles. The highest BCUT2D eigenvalue weighted by molar-refractivity contribution is 5.90. The molecule has 1 aromatic heterocycles. The maximum absolute atomic E-state index is 14.8. The van der Waals surface area contributed by atoms with E-state index in [2.05, 4.69) is 20.7 Å². The second-order valence-corrected chi connectivity index (χ2v) is 7.23. The number of carbonyl (C=O) groups excluding carboxylic acids is 2. The number of anilines is 2. The van der Waals surface area contributed by atoms with E-state index in [1.54, 1.807) is 23.9 Å². The molecule has 0 aliphatic carbocycles. The fourth-order valence-corrected chi connectivity index (χ4v) is 3.62. The zero-order valence-electron chi connectivity index (χ0n) is 16.2. The maximum Gasteiger partial charge on any atom is 0.414 e. The molecule has 0 saturated carbocycles. The number of nitrogens with zero attached hydrogens (tertiary/aromatic N) is 6. The van der Waals surface area contributed by atoms with Crippen LogP contribution in [-0.4, -0.2) is 64.5 Å². The van der Waals surface area contributed by atoms with Crippen LogP contribution in [0.1, 0.15) is 25.2 Å². The van der Waals surface area contributed by atoms with Crippen LogP contribution in [0.4, 0.5) is 20.6 Å². The van der Waals surface area contributed by atoms with Crippen molar-refractivity contribution >= 4 is 23.4 Å².